The van der Waals surface area contributed by atoms with Crippen LogP contribution in [0.25, 0.3) is 0 Å². The highest BCUT2D eigenvalue weighted by Crippen LogP contribution is 2.26. The van der Waals surface area contributed by atoms with Crippen molar-refractivity contribution >= 4 is 56.4 Å². The number of esters is 1. The smallest absolute Gasteiger partial charge is 0.413 e. The first-order valence-electron chi connectivity index (χ1n) is 13.0. The normalized spacial score (nSPS) is 17.9. The highest BCUT2D eigenvalue weighted by atomic mass is 32.2. The van der Waals surface area contributed by atoms with Gasteiger partial charge in [0.05, 0.1) is 18.8 Å². The van der Waals surface area contributed by atoms with Crippen molar-refractivity contribution < 1.29 is 46.5 Å². The Morgan fingerprint density at radius 1 is 1.09 bits per heavy atom. The van der Waals surface area contributed by atoms with Crippen LogP contribution >= 0.6 is 11.3 Å². The number of rotatable bonds is 10. The monoisotopic (exact) mass is 658 g/mol. The molecule has 0 unspecified atom stereocenters. The topological polar surface area (TPSA) is 234 Å². The van der Waals surface area contributed by atoms with E-state index in [-0.39, 0.29) is 21.7 Å². The third-order valence-corrected chi connectivity index (χ3v) is 7.08. The van der Waals surface area contributed by atoms with Crippen LogP contribution in [-0.4, -0.2) is 95.7 Å². The minimum Gasteiger partial charge on any atom is -0.457 e. The number of carbonyl (C=O) groups excluding carboxylic acids is 4. The number of carbonyl (C=O) groups is 4. The first kappa shape index (κ1) is 34.3. The van der Waals surface area contributed by atoms with Crippen LogP contribution in [0.5, 0.6) is 0 Å². The second-order valence-corrected chi connectivity index (χ2v) is 14.1. The average molecular weight is 659 g/mol. The summed E-state index contributed by atoms with van der Waals surface area (Å²) in [6, 6.07) is -2.75. The zero-order chi connectivity index (χ0) is 33.3. The Kier molecular flexibility index (Phi) is 9.71. The van der Waals surface area contributed by atoms with Crippen LogP contribution in [0.3, 0.4) is 0 Å². The maximum atomic E-state index is 13.5. The van der Waals surface area contributed by atoms with Crippen molar-refractivity contribution in [1.29, 1.82) is 0 Å². The summed E-state index contributed by atoms with van der Waals surface area (Å²) < 4.78 is 45.3. The molecule has 242 valence electrons. The number of aromatic nitrogens is 4. The Morgan fingerprint density at radius 2 is 1.73 bits per heavy atom. The van der Waals surface area contributed by atoms with Crippen LogP contribution < -0.4 is 10.6 Å². The Hall–Kier alpha value is -4.17. The Bertz CT molecular complexity index is 1540. The van der Waals surface area contributed by atoms with Gasteiger partial charge in [0.1, 0.15) is 22.9 Å². The summed E-state index contributed by atoms with van der Waals surface area (Å²) in [4.78, 5) is 60.8. The molecule has 0 bridgehead atoms. The third-order valence-electron chi connectivity index (χ3n) is 5.38. The second-order valence-electron chi connectivity index (χ2n) is 12.0. The number of β-lactam (4-membered cyclic amide) rings is 1. The lowest BCUT2D eigenvalue weighted by Crippen LogP contribution is -2.73. The van der Waals surface area contributed by atoms with E-state index in [4.69, 9.17) is 14.3 Å². The molecule has 2 aromatic rings. The zero-order valence-electron chi connectivity index (χ0n) is 25.2. The summed E-state index contributed by atoms with van der Waals surface area (Å²) in [6.45, 7) is 12.4. The van der Waals surface area contributed by atoms with Crippen LogP contribution in [0.1, 0.15) is 61.1 Å². The summed E-state index contributed by atoms with van der Waals surface area (Å²) >= 11 is 0.906. The summed E-state index contributed by atoms with van der Waals surface area (Å²) in [5.74, 6) is -2.99. The van der Waals surface area contributed by atoms with Gasteiger partial charge in [0.25, 0.3) is 11.8 Å². The van der Waals surface area contributed by atoms with Crippen molar-refractivity contribution in [2.24, 2.45) is 5.16 Å². The predicted molar refractivity (Wildman–Crippen MR) is 154 cm³/mol. The molecule has 18 nitrogen and oxygen atoms in total. The van der Waals surface area contributed by atoms with E-state index in [1.165, 1.54) is 36.3 Å². The fourth-order valence-corrected chi connectivity index (χ4v) is 5.06. The van der Waals surface area contributed by atoms with Crippen LogP contribution in [0.2, 0.25) is 0 Å². The number of oxime groups is 1. The van der Waals surface area contributed by atoms with E-state index in [9.17, 15) is 32.1 Å². The number of ether oxygens (including phenoxy) is 2. The number of hydrogen-bond donors (Lipinski definition) is 3. The van der Waals surface area contributed by atoms with E-state index in [1.807, 2.05) is 0 Å². The third kappa shape index (κ3) is 8.92. The Labute approximate surface area is 257 Å². The Balaban J connectivity index is 1.92. The summed E-state index contributed by atoms with van der Waals surface area (Å²) in [7, 11) is -4.98. The summed E-state index contributed by atoms with van der Waals surface area (Å²) in [6.07, 6.45) is 1.88. The molecule has 0 radical (unpaired) electrons. The van der Waals surface area contributed by atoms with Gasteiger partial charge in [-0.2, -0.15) is 8.42 Å². The highest BCUT2D eigenvalue weighted by molar-refractivity contribution is 7.84. The molecule has 44 heavy (non-hydrogen) atoms. The van der Waals surface area contributed by atoms with Gasteiger partial charge >= 0.3 is 22.4 Å². The van der Waals surface area contributed by atoms with Crippen molar-refractivity contribution in [3.05, 3.63) is 23.5 Å². The van der Waals surface area contributed by atoms with Gasteiger partial charge in [-0.1, -0.05) is 10.4 Å². The van der Waals surface area contributed by atoms with Gasteiger partial charge in [-0.25, -0.2) is 18.9 Å². The maximum absolute atomic E-state index is 13.5. The fraction of sp³-hybridized carbons (Fsp3) is 0.583. The minimum atomic E-state index is -4.98. The van der Waals surface area contributed by atoms with Gasteiger partial charge in [-0.3, -0.25) is 24.1 Å². The van der Waals surface area contributed by atoms with Gasteiger partial charge in [0, 0.05) is 11.6 Å². The molecule has 0 spiro atoms. The zero-order valence-corrected chi connectivity index (χ0v) is 26.8. The molecule has 3 rings (SSSR count). The summed E-state index contributed by atoms with van der Waals surface area (Å²) in [5, 5.41) is 17.3. The van der Waals surface area contributed by atoms with E-state index in [2.05, 4.69) is 31.1 Å². The molecule has 0 saturated carbocycles. The highest BCUT2D eigenvalue weighted by Gasteiger charge is 2.54. The fourth-order valence-electron chi connectivity index (χ4n) is 3.51. The van der Waals surface area contributed by atoms with Crippen molar-refractivity contribution in [2.75, 3.05) is 5.32 Å². The van der Waals surface area contributed by atoms with E-state index in [0.29, 0.717) is 0 Å². The maximum Gasteiger partial charge on any atom is 0.413 e. The number of anilines is 1. The van der Waals surface area contributed by atoms with Crippen LogP contribution in [0.4, 0.5) is 9.93 Å². The van der Waals surface area contributed by atoms with Crippen molar-refractivity contribution in [1.82, 2.24) is 29.6 Å². The SMILES string of the molecule is CC(C)(C)OC(=O)Nc1nc(/C(=N\OC(C)(C)C(=O)OC(C)(C)C)C(=O)N[C@@H]2C(=O)N(S(=O)(=O)O)[C@@H]2Cn2ccnn2)cs1. The Morgan fingerprint density at radius 3 is 2.27 bits per heavy atom. The minimum absolute atomic E-state index is 0.0162. The van der Waals surface area contributed by atoms with E-state index < -0.39 is 68.8 Å². The molecule has 3 amide bonds. The molecule has 1 aliphatic heterocycles. The molecule has 0 aliphatic carbocycles. The lowest BCUT2D eigenvalue weighted by molar-refractivity contribution is -0.179. The molecule has 1 fully saturated rings. The predicted octanol–water partition coefficient (Wildman–Crippen LogP) is 1.12. The average Bonchev–Trinajstić information content (AvgIpc) is 3.51. The molecular formula is C24H34N8O10S2. The van der Waals surface area contributed by atoms with Gasteiger partial charge < -0.3 is 19.6 Å². The molecule has 3 heterocycles. The number of nitrogens with one attached hydrogen (secondary N) is 2. The molecular weight excluding hydrogens is 624 g/mol. The van der Waals surface area contributed by atoms with Gasteiger partial charge in [0.15, 0.2) is 10.8 Å². The quantitative estimate of drug-likeness (QED) is 0.107. The second kappa shape index (κ2) is 12.4. The lowest BCUT2D eigenvalue weighted by Gasteiger charge is -2.43. The molecule has 2 atom stereocenters. The van der Waals surface area contributed by atoms with Gasteiger partial charge in [0.2, 0.25) is 5.60 Å². The molecule has 1 aliphatic rings. The molecule has 20 heteroatoms. The van der Waals surface area contributed by atoms with Crippen molar-refractivity contribution in [3.8, 4) is 0 Å². The molecule has 3 N–H and O–H groups in total. The van der Waals surface area contributed by atoms with Crippen LogP contribution in [-0.2, 0) is 45.5 Å². The van der Waals surface area contributed by atoms with Crippen molar-refractivity contribution in [2.45, 2.75) is 90.8 Å². The first-order chi connectivity index (χ1) is 20.1. The summed E-state index contributed by atoms with van der Waals surface area (Å²) in [5.41, 5.74) is -4.03. The molecule has 0 aromatic carbocycles. The number of thiazole rings is 1. The lowest BCUT2D eigenvalue weighted by atomic mass is 9.98. The standard InChI is InChI=1S/C24H34N8O10S2/c1-22(2,3)40-19(35)24(7,8)42-29-15(13-12-43-20(26-13)28-21(36)41-23(4,5)6)17(33)27-16-14(11-31-10-9-25-30-31)32(18(16)34)44(37,38)39/h9-10,12,14,16H,11H2,1-8H3,(H,27,33)(H,26,28,36)(H,37,38,39)/b29-15+/t14-,16+/m1/s1. The first-order valence-corrected chi connectivity index (χ1v) is 15.3. The largest absolute Gasteiger partial charge is 0.457 e. The molecule has 2 aromatic heterocycles. The van der Waals surface area contributed by atoms with Crippen LogP contribution in [0.15, 0.2) is 22.9 Å². The molecule has 1 saturated heterocycles. The number of amides is 3. The van der Waals surface area contributed by atoms with Gasteiger partial charge in [-0.15, -0.1) is 16.4 Å². The number of hydrogen-bond acceptors (Lipinski definition) is 14. The van der Waals surface area contributed by atoms with Crippen LogP contribution in [0, 0.1) is 0 Å². The van der Waals surface area contributed by atoms with Gasteiger partial charge in [-0.05, 0) is 55.4 Å². The van der Waals surface area contributed by atoms with E-state index in [1.54, 1.807) is 41.5 Å². The van der Waals surface area contributed by atoms with Crippen molar-refractivity contribution in [3.63, 3.8) is 0 Å². The van der Waals surface area contributed by atoms with E-state index >= 15 is 0 Å². The number of nitrogens with zero attached hydrogens (tertiary/aromatic N) is 6. The van der Waals surface area contributed by atoms with E-state index in [0.717, 1.165) is 11.3 Å².